The molecular formula is C12H14N2. The second kappa shape index (κ2) is 3.81. The summed E-state index contributed by atoms with van der Waals surface area (Å²) in [7, 11) is 0. The Morgan fingerprint density at radius 1 is 1.50 bits per heavy atom. The van der Waals surface area contributed by atoms with E-state index >= 15 is 0 Å². The van der Waals surface area contributed by atoms with Crippen LogP contribution in [0.1, 0.15) is 35.6 Å². The number of aryl methyl sites for hydroxylation is 1. The van der Waals surface area contributed by atoms with Crippen LogP contribution in [0.15, 0.2) is 18.2 Å². The van der Waals surface area contributed by atoms with Gasteiger partial charge in [0.05, 0.1) is 11.6 Å². The maximum absolute atomic E-state index is 8.75. The zero-order valence-corrected chi connectivity index (χ0v) is 8.38. The van der Waals surface area contributed by atoms with Gasteiger partial charge in [-0.2, -0.15) is 5.26 Å². The van der Waals surface area contributed by atoms with E-state index in [9.17, 15) is 0 Å². The summed E-state index contributed by atoms with van der Waals surface area (Å²) in [5.74, 6) is 0. The van der Waals surface area contributed by atoms with E-state index in [0.717, 1.165) is 12.1 Å². The lowest BCUT2D eigenvalue weighted by molar-refractivity contribution is 0.644. The van der Waals surface area contributed by atoms with E-state index < -0.39 is 0 Å². The highest BCUT2D eigenvalue weighted by atomic mass is 14.9. The van der Waals surface area contributed by atoms with E-state index in [4.69, 9.17) is 5.26 Å². The molecule has 0 aliphatic carbocycles. The number of nitriles is 1. The summed E-state index contributed by atoms with van der Waals surface area (Å²) >= 11 is 0. The van der Waals surface area contributed by atoms with Crippen LogP contribution in [0, 0.1) is 18.3 Å². The topological polar surface area (TPSA) is 35.8 Å². The van der Waals surface area contributed by atoms with Crippen LogP contribution in [0.3, 0.4) is 0 Å². The lowest BCUT2D eigenvalue weighted by atomic mass is 9.98. The molecule has 1 aliphatic rings. The largest absolute Gasteiger partial charge is 0.310 e. The molecule has 0 amide bonds. The van der Waals surface area contributed by atoms with Crippen molar-refractivity contribution in [1.29, 1.82) is 5.26 Å². The molecule has 2 nitrogen and oxygen atoms in total. The molecule has 0 bridgehead atoms. The van der Waals surface area contributed by atoms with Gasteiger partial charge in [-0.25, -0.2) is 0 Å². The summed E-state index contributed by atoms with van der Waals surface area (Å²) in [5.41, 5.74) is 3.33. The van der Waals surface area contributed by atoms with Crippen LogP contribution in [0.5, 0.6) is 0 Å². The fraction of sp³-hybridized carbons (Fsp3) is 0.417. The number of rotatable bonds is 1. The maximum Gasteiger partial charge on any atom is 0.0991 e. The monoisotopic (exact) mass is 186 g/mol. The van der Waals surface area contributed by atoms with Crippen molar-refractivity contribution in [1.82, 2.24) is 5.32 Å². The molecule has 0 unspecified atom stereocenters. The average molecular weight is 186 g/mol. The van der Waals surface area contributed by atoms with Crippen molar-refractivity contribution in [2.24, 2.45) is 0 Å². The minimum Gasteiger partial charge on any atom is -0.310 e. The summed E-state index contributed by atoms with van der Waals surface area (Å²) in [6.45, 7) is 3.19. The molecule has 0 saturated carbocycles. The fourth-order valence-corrected chi connectivity index (χ4v) is 2.09. The van der Waals surface area contributed by atoms with Crippen molar-refractivity contribution >= 4 is 0 Å². The van der Waals surface area contributed by atoms with Gasteiger partial charge in [0.15, 0.2) is 0 Å². The average Bonchev–Trinajstić information content (AvgIpc) is 2.70. The number of hydrogen-bond acceptors (Lipinski definition) is 2. The minimum absolute atomic E-state index is 0.503. The number of nitrogens with zero attached hydrogens (tertiary/aromatic N) is 1. The van der Waals surface area contributed by atoms with Crippen LogP contribution in [0.25, 0.3) is 0 Å². The number of hydrogen-bond donors (Lipinski definition) is 1. The van der Waals surface area contributed by atoms with Gasteiger partial charge in [-0.3, -0.25) is 0 Å². The van der Waals surface area contributed by atoms with Gasteiger partial charge in [-0.15, -0.1) is 0 Å². The second-order valence-electron chi connectivity index (χ2n) is 3.83. The lowest BCUT2D eigenvalue weighted by Crippen LogP contribution is -2.13. The second-order valence-corrected chi connectivity index (χ2v) is 3.83. The van der Waals surface area contributed by atoms with Gasteiger partial charge in [-0.1, -0.05) is 6.07 Å². The first-order valence-electron chi connectivity index (χ1n) is 5.05. The van der Waals surface area contributed by atoms with Gasteiger partial charge < -0.3 is 5.32 Å². The highest BCUT2D eigenvalue weighted by Gasteiger charge is 2.17. The molecule has 1 aromatic carbocycles. The normalized spacial score (nSPS) is 20.7. The van der Waals surface area contributed by atoms with E-state index in [1.54, 1.807) is 0 Å². The van der Waals surface area contributed by atoms with E-state index in [1.807, 2.05) is 12.1 Å². The van der Waals surface area contributed by atoms with Crippen LogP contribution in [0.4, 0.5) is 0 Å². The first-order chi connectivity index (χ1) is 6.81. The smallest absolute Gasteiger partial charge is 0.0991 e. The molecule has 1 heterocycles. The Bertz CT molecular complexity index is 370. The first-order valence-corrected chi connectivity index (χ1v) is 5.05. The molecule has 1 saturated heterocycles. The summed E-state index contributed by atoms with van der Waals surface area (Å²) in [6.07, 6.45) is 2.47. The molecule has 72 valence electrons. The fourth-order valence-electron chi connectivity index (χ4n) is 2.09. The summed E-state index contributed by atoms with van der Waals surface area (Å²) in [4.78, 5) is 0. The van der Waals surface area contributed by atoms with Crippen LogP contribution in [0.2, 0.25) is 0 Å². The first kappa shape index (κ1) is 9.23. The number of benzene rings is 1. The Balaban J connectivity index is 2.30. The molecule has 2 rings (SSSR count). The van der Waals surface area contributed by atoms with Gasteiger partial charge in [0.25, 0.3) is 0 Å². The lowest BCUT2D eigenvalue weighted by Gasteiger charge is -2.13. The van der Waals surface area contributed by atoms with E-state index in [-0.39, 0.29) is 0 Å². The van der Waals surface area contributed by atoms with Crippen LogP contribution in [-0.2, 0) is 0 Å². The molecule has 2 heteroatoms. The van der Waals surface area contributed by atoms with Crippen LogP contribution >= 0.6 is 0 Å². The van der Waals surface area contributed by atoms with Crippen molar-refractivity contribution in [2.75, 3.05) is 6.54 Å². The molecule has 0 radical (unpaired) electrons. The highest BCUT2D eigenvalue weighted by molar-refractivity contribution is 5.39. The Labute approximate surface area is 84.6 Å². The predicted octanol–water partition coefficient (Wildman–Crippen LogP) is 2.29. The van der Waals surface area contributed by atoms with Crippen LogP contribution in [-0.4, -0.2) is 6.54 Å². The Morgan fingerprint density at radius 2 is 2.36 bits per heavy atom. The summed E-state index contributed by atoms with van der Waals surface area (Å²) in [5, 5.41) is 12.2. The number of nitrogens with one attached hydrogen (secondary N) is 1. The van der Waals surface area contributed by atoms with Gasteiger partial charge in [0.1, 0.15) is 0 Å². The Morgan fingerprint density at radius 3 is 2.93 bits per heavy atom. The van der Waals surface area contributed by atoms with E-state index in [2.05, 4.69) is 24.4 Å². The van der Waals surface area contributed by atoms with Crippen molar-refractivity contribution < 1.29 is 0 Å². The summed E-state index contributed by atoms with van der Waals surface area (Å²) < 4.78 is 0. The van der Waals surface area contributed by atoms with E-state index in [1.165, 1.54) is 24.0 Å². The highest BCUT2D eigenvalue weighted by Crippen LogP contribution is 2.26. The zero-order valence-electron chi connectivity index (χ0n) is 8.38. The van der Waals surface area contributed by atoms with Crippen molar-refractivity contribution in [2.45, 2.75) is 25.8 Å². The molecular weight excluding hydrogens is 172 g/mol. The maximum atomic E-state index is 8.75. The Hall–Kier alpha value is -1.33. The molecule has 0 aromatic heterocycles. The molecule has 0 spiro atoms. The quantitative estimate of drug-likeness (QED) is 0.730. The molecule has 14 heavy (non-hydrogen) atoms. The molecule has 1 aromatic rings. The van der Waals surface area contributed by atoms with Crippen molar-refractivity contribution in [3.63, 3.8) is 0 Å². The Kier molecular flexibility index (Phi) is 2.51. The third kappa shape index (κ3) is 1.64. The van der Waals surface area contributed by atoms with Gasteiger partial charge in [0.2, 0.25) is 0 Å². The predicted molar refractivity (Wildman–Crippen MR) is 55.9 cm³/mol. The molecule has 1 atom stereocenters. The van der Waals surface area contributed by atoms with Gasteiger partial charge in [0, 0.05) is 6.04 Å². The summed E-state index contributed by atoms with van der Waals surface area (Å²) in [6, 6.07) is 8.62. The molecule has 1 aliphatic heterocycles. The van der Waals surface area contributed by atoms with E-state index in [0.29, 0.717) is 6.04 Å². The van der Waals surface area contributed by atoms with Crippen molar-refractivity contribution in [3.05, 3.63) is 34.9 Å². The molecule has 1 fully saturated rings. The third-order valence-electron chi connectivity index (χ3n) is 2.83. The third-order valence-corrected chi connectivity index (χ3v) is 2.83. The van der Waals surface area contributed by atoms with Crippen LogP contribution < -0.4 is 5.32 Å². The van der Waals surface area contributed by atoms with Gasteiger partial charge in [-0.05, 0) is 49.6 Å². The van der Waals surface area contributed by atoms with Crippen molar-refractivity contribution in [3.8, 4) is 6.07 Å². The minimum atomic E-state index is 0.503. The SMILES string of the molecule is Cc1cc(C#N)ccc1[C@H]1CCCN1. The van der Waals surface area contributed by atoms with Gasteiger partial charge >= 0.3 is 0 Å². The zero-order chi connectivity index (χ0) is 9.97. The molecule has 1 N–H and O–H groups in total. The standard InChI is InChI=1S/C12H14N2/c1-9-7-10(8-13)4-5-11(9)12-3-2-6-14-12/h4-5,7,12,14H,2-3,6H2,1H3/t12-/m1/s1.